The molecule has 2 heterocycles. The molecule has 3 aromatic rings. The molecule has 0 radical (unpaired) electrons. The van der Waals surface area contributed by atoms with Crippen molar-refractivity contribution in [2.45, 2.75) is 26.2 Å². The Hall–Kier alpha value is -2.88. The van der Waals surface area contributed by atoms with Crippen molar-refractivity contribution in [3.63, 3.8) is 0 Å². The average molecular weight is 343 g/mol. The highest BCUT2D eigenvalue weighted by atomic mass is 16.2. The molecule has 4 nitrogen and oxygen atoms in total. The second-order valence-corrected chi connectivity index (χ2v) is 7.40. The molecule has 4 heteroatoms. The number of amides is 1. The fourth-order valence-corrected chi connectivity index (χ4v) is 3.91. The molecule has 0 atom stereocenters. The Kier molecular flexibility index (Phi) is 3.29. The van der Waals surface area contributed by atoms with Crippen LogP contribution in [0.3, 0.4) is 0 Å². The van der Waals surface area contributed by atoms with Gasteiger partial charge in [-0.15, -0.1) is 0 Å². The zero-order valence-electron chi connectivity index (χ0n) is 15.0. The number of pyridine rings is 1. The highest BCUT2D eigenvalue weighted by molar-refractivity contribution is 5.96. The highest BCUT2D eigenvalue weighted by Crippen LogP contribution is 2.35. The summed E-state index contributed by atoms with van der Waals surface area (Å²) in [7, 11) is 2.07. The second kappa shape index (κ2) is 5.56. The number of nitrogens with one attached hydrogen (secondary N) is 1. The molecule has 1 fully saturated rings. The first kappa shape index (κ1) is 15.4. The standard InChI is InChI=1S/C22H21N3O/c1-13-17-5-3-4-14(17)8-9-18(13)19-10-16-11-21(23-12-20(16)25(19)2)24-22(26)15-6-7-15/h3,5,8-12,15H,4,6-7H2,1-2H3,(H,23,24,26). The summed E-state index contributed by atoms with van der Waals surface area (Å²) < 4.78 is 2.18. The van der Waals surface area contributed by atoms with E-state index in [4.69, 9.17) is 0 Å². The Morgan fingerprint density at radius 3 is 2.92 bits per heavy atom. The van der Waals surface area contributed by atoms with Gasteiger partial charge < -0.3 is 9.88 Å². The first-order chi connectivity index (χ1) is 12.6. The lowest BCUT2D eigenvalue weighted by Gasteiger charge is -2.12. The average Bonchev–Trinajstić information content (AvgIpc) is 3.29. The third-order valence-corrected chi connectivity index (χ3v) is 5.63. The van der Waals surface area contributed by atoms with Gasteiger partial charge in [0.25, 0.3) is 0 Å². The van der Waals surface area contributed by atoms with E-state index < -0.39 is 0 Å². The number of carbonyl (C=O) groups is 1. The van der Waals surface area contributed by atoms with Gasteiger partial charge in [-0.05, 0) is 55.0 Å². The van der Waals surface area contributed by atoms with Gasteiger partial charge in [0.2, 0.25) is 5.91 Å². The molecule has 0 spiro atoms. The molecule has 0 bridgehead atoms. The molecule has 1 aromatic carbocycles. The van der Waals surface area contributed by atoms with E-state index in [0.29, 0.717) is 5.82 Å². The molecule has 1 amide bonds. The van der Waals surface area contributed by atoms with Gasteiger partial charge in [0.1, 0.15) is 5.82 Å². The number of fused-ring (bicyclic) bond motifs is 2. The zero-order valence-corrected chi connectivity index (χ0v) is 15.0. The van der Waals surface area contributed by atoms with E-state index in [2.05, 4.69) is 59.2 Å². The van der Waals surface area contributed by atoms with Crippen molar-refractivity contribution in [1.82, 2.24) is 9.55 Å². The van der Waals surface area contributed by atoms with Crippen molar-refractivity contribution in [2.75, 3.05) is 5.32 Å². The van der Waals surface area contributed by atoms with E-state index in [-0.39, 0.29) is 11.8 Å². The zero-order chi connectivity index (χ0) is 17.8. The van der Waals surface area contributed by atoms with E-state index in [1.54, 1.807) is 0 Å². The summed E-state index contributed by atoms with van der Waals surface area (Å²) in [4.78, 5) is 16.4. The number of rotatable bonds is 3. The second-order valence-electron chi connectivity index (χ2n) is 7.40. The first-order valence-electron chi connectivity index (χ1n) is 9.17. The summed E-state index contributed by atoms with van der Waals surface area (Å²) >= 11 is 0. The van der Waals surface area contributed by atoms with Crippen molar-refractivity contribution < 1.29 is 4.79 Å². The van der Waals surface area contributed by atoms with Gasteiger partial charge in [-0.3, -0.25) is 4.79 Å². The summed E-state index contributed by atoms with van der Waals surface area (Å²) in [6.07, 6.45) is 9.32. The van der Waals surface area contributed by atoms with Gasteiger partial charge >= 0.3 is 0 Å². The van der Waals surface area contributed by atoms with E-state index in [9.17, 15) is 4.79 Å². The van der Waals surface area contributed by atoms with Crippen LogP contribution in [0.4, 0.5) is 5.82 Å². The number of allylic oxidation sites excluding steroid dienone is 1. The van der Waals surface area contributed by atoms with E-state index in [1.165, 1.54) is 27.9 Å². The number of carbonyl (C=O) groups excluding carboxylic acids is 1. The molecule has 26 heavy (non-hydrogen) atoms. The normalized spacial score (nSPS) is 15.5. The van der Waals surface area contributed by atoms with Gasteiger partial charge in [-0.1, -0.05) is 24.3 Å². The number of anilines is 1. The molecule has 2 aliphatic rings. The molecule has 1 saturated carbocycles. The van der Waals surface area contributed by atoms with Crippen LogP contribution in [0, 0.1) is 12.8 Å². The number of aromatic nitrogens is 2. The van der Waals surface area contributed by atoms with Gasteiger partial charge in [-0.25, -0.2) is 4.98 Å². The maximum absolute atomic E-state index is 12.0. The monoisotopic (exact) mass is 343 g/mol. The fraction of sp³-hybridized carbons (Fsp3) is 0.273. The Labute approximate surface area is 152 Å². The summed E-state index contributed by atoms with van der Waals surface area (Å²) in [5.74, 6) is 0.912. The minimum absolute atomic E-state index is 0.0919. The molecule has 130 valence electrons. The highest BCUT2D eigenvalue weighted by Gasteiger charge is 2.29. The third kappa shape index (κ3) is 2.37. The van der Waals surface area contributed by atoms with Crippen LogP contribution in [0.2, 0.25) is 0 Å². The molecule has 1 N–H and O–H groups in total. The van der Waals surface area contributed by atoms with Crippen molar-refractivity contribution in [2.24, 2.45) is 13.0 Å². The Morgan fingerprint density at radius 2 is 2.12 bits per heavy atom. The lowest BCUT2D eigenvalue weighted by Crippen LogP contribution is -2.14. The summed E-state index contributed by atoms with van der Waals surface area (Å²) in [5, 5.41) is 4.04. The molecular weight excluding hydrogens is 322 g/mol. The van der Waals surface area contributed by atoms with Crippen LogP contribution in [0.5, 0.6) is 0 Å². The van der Waals surface area contributed by atoms with Crippen LogP contribution in [-0.4, -0.2) is 15.5 Å². The number of hydrogen-bond acceptors (Lipinski definition) is 2. The van der Waals surface area contributed by atoms with Gasteiger partial charge in [0.15, 0.2) is 0 Å². The van der Waals surface area contributed by atoms with Crippen LogP contribution in [0.1, 0.15) is 29.5 Å². The minimum Gasteiger partial charge on any atom is -0.342 e. The maximum atomic E-state index is 12.0. The fourth-order valence-electron chi connectivity index (χ4n) is 3.91. The largest absolute Gasteiger partial charge is 0.342 e. The summed E-state index contributed by atoms with van der Waals surface area (Å²) in [5.41, 5.74) is 7.56. The lowest BCUT2D eigenvalue weighted by atomic mass is 9.97. The number of aryl methyl sites for hydroxylation is 1. The Bertz CT molecular complexity index is 1090. The maximum Gasteiger partial charge on any atom is 0.228 e. The number of nitrogens with zero attached hydrogens (tertiary/aromatic N) is 2. The Morgan fingerprint density at radius 1 is 1.27 bits per heavy atom. The molecule has 2 aromatic heterocycles. The smallest absolute Gasteiger partial charge is 0.228 e. The molecule has 0 saturated heterocycles. The van der Waals surface area contributed by atoms with E-state index in [0.717, 1.165) is 30.2 Å². The first-order valence-corrected chi connectivity index (χ1v) is 9.17. The molecule has 5 rings (SSSR count). The van der Waals surface area contributed by atoms with Crippen molar-refractivity contribution in [3.8, 4) is 11.3 Å². The number of benzene rings is 1. The topological polar surface area (TPSA) is 46.9 Å². The SMILES string of the molecule is Cc1c(-c2cc3cc(NC(=O)C4CC4)ncc3n2C)ccc2c1C=CC2. The van der Waals surface area contributed by atoms with Crippen molar-refractivity contribution >= 4 is 28.7 Å². The Balaban J connectivity index is 1.57. The lowest BCUT2D eigenvalue weighted by molar-refractivity contribution is -0.117. The molecule has 0 aliphatic heterocycles. The van der Waals surface area contributed by atoms with Crippen LogP contribution >= 0.6 is 0 Å². The van der Waals surface area contributed by atoms with Crippen LogP contribution in [-0.2, 0) is 18.3 Å². The van der Waals surface area contributed by atoms with Gasteiger partial charge in [0.05, 0.1) is 11.7 Å². The van der Waals surface area contributed by atoms with Crippen LogP contribution in [0.15, 0.2) is 36.5 Å². The molecular formula is C22H21N3O. The van der Waals surface area contributed by atoms with Crippen LogP contribution < -0.4 is 5.32 Å². The minimum atomic E-state index is 0.0919. The number of hydrogen-bond donors (Lipinski definition) is 1. The van der Waals surface area contributed by atoms with Crippen molar-refractivity contribution in [1.29, 1.82) is 0 Å². The molecule has 0 unspecified atom stereocenters. The van der Waals surface area contributed by atoms with E-state index in [1.807, 2.05) is 12.3 Å². The predicted molar refractivity (Wildman–Crippen MR) is 105 cm³/mol. The van der Waals surface area contributed by atoms with Crippen molar-refractivity contribution in [3.05, 3.63) is 53.2 Å². The third-order valence-electron chi connectivity index (χ3n) is 5.63. The van der Waals surface area contributed by atoms with Gasteiger partial charge in [0, 0.05) is 29.6 Å². The molecule has 2 aliphatic carbocycles. The predicted octanol–water partition coefficient (Wildman–Crippen LogP) is 4.47. The quantitative estimate of drug-likeness (QED) is 0.763. The van der Waals surface area contributed by atoms with E-state index >= 15 is 0 Å². The summed E-state index contributed by atoms with van der Waals surface area (Å²) in [6.45, 7) is 2.20. The van der Waals surface area contributed by atoms with Gasteiger partial charge in [-0.2, -0.15) is 0 Å². The summed E-state index contributed by atoms with van der Waals surface area (Å²) in [6, 6.07) is 8.62. The van der Waals surface area contributed by atoms with Crippen LogP contribution in [0.25, 0.3) is 28.2 Å².